The Morgan fingerprint density at radius 2 is 2.10 bits per heavy atom. The number of nitrogens with one attached hydrogen (secondary N) is 1. The molecule has 0 saturated carbocycles. The Balaban J connectivity index is 1.52. The molecule has 1 aliphatic rings. The van der Waals surface area contributed by atoms with E-state index < -0.39 is 0 Å². The molecule has 21 heavy (non-hydrogen) atoms. The minimum atomic E-state index is 0.427. The van der Waals surface area contributed by atoms with Crippen LogP contribution in [0, 0.1) is 0 Å². The Labute approximate surface area is 126 Å². The molecule has 0 aliphatic heterocycles. The highest BCUT2D eigenvalue weighted by atomic mass is 15.3. The zero-order valence-corrected chi connectivity index (χ0v) is 12.9. The maximum Gasteiger partial charge on any atom is 0.134 e. The molecule has 3 rings (SSSR count). The van der Waals surface area contributed by atoms with Gasteiger partial charge in [0.05, 0.1) is 0 Å². The van der Waals surface area contributed by atoms with Crippen LogP contribution in [0.25, 0.3) is 0 Å². The molecule has 4 nitrogen and oxygen atoms in total. The fraction of sp³-hybridized carbons (Fsp3) is 0.529. The monoisotopic (exact) mass is 284 g/mol. The Morgan fingerprint density at radius 3 is 2.90 bits per heavy atom. The van der Waals surface area contributed by atoms with Gasteiger partial charge in [-0.2, -0.15) is 0 Å². The summed E-state index contributed by atoms with van der Waals surface area (Å²) >= 11 is 0. The molecule has 0 amide bonds. The van der Waals surface area contributed by atoms with Crippen LogP contribution in [0.4, 0.5) is 0 Å². The van der Waals surface area contributed by atoms with E-state index in [2.05, 4.69) is 58.2 Å². The maximum atomic E-state index is 4.23. The molecule has 0 unspecified atom stereocenters. The fourth-order valence-corrected chi connectivity index (χ4v) is 3.14. The lowest BCUT2D eigenvalue weighted by molar-refractivity contribution is 0.454. The van der Waals surface area contributed by atoms with Gasteiger partial charge in [0, 0.05) is 25.0 Å². The summed E-state index contributed by atoms with van der Waals surface area (Å²) in [7, 11) is 0. The van der Waals surface area contributed by atoms with Crippen molar-refractivity contribution in [2.45, 2.75) is 51.6 Å². The van der Waals surface area contributed by atoms with Gasteiger partial charge in [0.1, 0.15) is 12.2 Å². The van der Waals surface area contributed by atoms with Crippen LogP contribution in [-0.2, 0) is 19.3 Å². The number of rotatable bonds is 5. The molecular formula is C17H24N4. The molecule has 1 N–H and O–H groups in total. The average molecular weight is 284 g/mol. The predicted molar refractivity (Wildman–Crippen MR) is 84.4 cm³/mol. The molecule has 1 aromatic carbocycles. The molecule has 0 spiro atoms. The van der Waals surface area contributed by atoms with Crippen molar-refractivity contribution in [3.05, 3.63) is 47.5 Å². The van der Waals surface area contributed by atoms with E-state index in [1.807, 2.05) is 6.33 Å². The van der Waals surface area contributed by atoms with E-state index >= 15 is 0 Å². The van der Waals surface area contributed by atoms with E-state index in [1.165, 1.54) is 24.0 Å². The third-order valence-electron chi connectivity index (χ3n) is 4.33. The van der Waals surface area contributed by atoms with E-state index in [-0.39, 0.29) is 0 Å². The zero-order chi connectivity index (χ0) is 14.7. The third kappa shape index (κ3) is 3.32. The van der Waals surface area contributed by atoms with Crippen molar-refractivity contribution in [2.75, 3.05) is 6.54 Å². The van der Waals surface area contributed by atoms with Crippen LogP contribution in [0.15, 0.2) is 30.6 Å². The molecule has 0 saturated heterocycles. The van der Waals surface area contributed by atoms with Gasteiger partial charge in [-0.25, -0.2) is 0 Å². The number of benzene rings is 1. The van der Waals surface area contributed by atoms with Gasteiger partial charge >= 0.3 is 0 Å². The summed E-state index contributed by atoms with van der Waals surface area (Å²) in [4.78, 5) is 0. The fourth-order valence-electron chi connectivity index (χ4n) is 3.14. The van der Waals surface area contributed by atoms with Crippen molar-refractivity contribution in [1.82, 2.24) is 20.1 Å². The maximum absolute atomic E-state index is 4.23. The van der Waals surface area contributed by atoms with Gasteiger partial charge < -0.3 is 9.88 Å². The first-order valence-electron chi connectivity index (χ1n) is 7.92. The molecule has 4 heteroatoms. The lowest BCUT2D eigenvalue weighted by Crippen LogP contribution is -2.36. The Kier molecular flexibility index (Phi) is 4.34. The smallest absolute Gasteiger partial charge is 0.134 e. The molecule has 0 radical (unpaired) electrons. The van der Waals surface area contributed by atoms with Crippen LogP contribution in [-0.4, -0.2) is 27.4 Å². The van der Waals surface area contributed by atoms with Gasteiger partial charge in [0.2, 0.25) is 0 Å². The summed E-state index contributed by atoms with van der Waals surface area (Å²) in [5.41, 5.74) is 3.03. The molecule has 1 aromatic heterocycles. The number of hydrogen-bond donors (Lipinski definition) is 1. The number of nitrogens with zero attached hydrogens (tertiary/aromatic N) is 3. The summed E-state index contributed by atoms with van der Waals surface area (Å²) in [5, 5.41) is 11.9. The first kappa shape index (κ1) is 14.3. The molecule has 1 heterocycles. The molecule has 2 aromatic rings. The van der Waals surface area contributed by atoms with Gasteiger partial charge in [0.25, 0.3) is 0 Å². The lowest BCUT2D eigenvalue weighted by Gasteiger charge is -2.25. The first-order valence-corrected chi connectivity index (χ1v) is 7.92. The normalized spacial score (nSPS) is 18.0. The van der Waals surface area contributed by atoms with Crippen molar-refractivity contribution in [3.8, 4) is 0 Å². The molecular weight excluding hydrogens is 260 g/mol. The Morgan fingerprint density at radius 1 is 1.29 bits per heavy atom. The highest BCUT2D eigenvalue weighted by Crippen LogP contribution is 2.20. The standard InChI is InChI=1S/C17H24N4/c1-13(2)21-12-19-20-17(21)9-10-18-16-8-7-14-5-3-4-6-15(14)11-16/h3-6,12-13,16,18H,7-11H2,1-2H3/t16-/m1/s1. The number of aryl methyl sites for hydroxylation is 1. The summed E-state index contributed by atoms with van der Waals surface area (Å²) in [6, 6.07) is 9.83. The van der Waals surface area contributed by atoms with Crippen LogP contribution >= 0.6 is 0 Å². The van der Waals surface area contributed by atoms with Crippen LogP contribution in [0.2, 0.25) is 0 Å². The van der Waals surface area contributed by atoms with Gasteiger partial charge in [0.15, 0.2) is 0 Å². The topological polar surface area (TPSA) is 42.7 Å². The van der Waals surface area contributed by atoms with E-state index in [9.17, 15) is 0 Å². The third-order valence-corrected chi connectivity index (χ3v) is 4.33. The van der Waals surface area contributed by atoms with Crippen LogP contribution < -0.4 is 5.32 Å². The molecule has 1 aliphatic carbocycles. The lowest BCUT2D eigenvalue weighted by atomic mass is 9.88. The van der Waals surface area contributed by atoms with Gasteiger partial charge in [-0.3, -0.25) is 0 Å². The SMILES string of the molecule is CC(C)n1cnnc1CCN[C@@H]1CCc2ccccc2C1. The Hall–Kier alpha value is -1.68. The van der Waals surface area contributed by atoms with Gasteiger partial charge in [-0.05, 0) is 44.2 Å². The van der Waals surface area contributed by atoms with Crippen LogP contribution in [0.5, 0.6) is 0 Å². The molecule has 0 fully saturated rings. The zero-order valence-electron chi connectivity index (χ0n) is 12.9. The second kappa shape index (κ2) is 6.39. The predicted octanol–water partition coefficient (Wildman–Crippen LogP) is 2.55. The second-order valence-corrected chi connectivity index (χ2v) is 6.16. The minimum absolute atomic E-state index is 0.427. The van der Waals surface area contributed by atoms with E-state index in [4.69, 9.17) is 0 Å². The number of hydrogen-bond acceptors (Lipinski definition) is 3. The second-order valence-electron chi connectivity index (χ2n) is 6.16. The quantitative estimate of drug-likeness (QED) is 0.917. The largest absolute Gasteiger partial charge is 0.315 e. The highest BCUT2D eigenvalue weighted by molar-refractivity contribution is 5.30. The van der Waals surface area contributed by atoms with E-state index in [0.29, 0.717) is 12.1 Å². The summed E-state index contributed by atoms with van der Waals surface area (Å²) in [6.07, 6.45) is 6.34. The van der Waals surface area contributed by atoms with Crippen molar-refractivity contribution in [2.24, 2.45) is 0 Å². The van der Waals surface area contributed by atoms with E-state index in [0.717, 1.165) is 25.2 Å². The number of aromatic nitrogens is 3. The summed E-state index contributed by atoms with van der Waals surface area (Å²) in [5.74, 6) is 1.08. The molecule has 1 atom stereocenters. The van der Waals surface area contributed by atoms with Crippen molar-refractivity contribution in [3.63, 3.8) is 0 Å². The minimum Gasteiger partial charge on any atom is -0.315 e. The summed E-state index contributed by atoms with van der Waals surface area (Å²) in [6.45, 7) is 5.30. The van der Waals surface area contributed by atoms with Gasteiger partial charge in [-0.1, -0.05) is 24.3 Å². The van der Waals surface area contributed by atoms with Crippen LogP contribution in [0.3, 0.4) is 0 Å². The van der Waals surface area contributed by atoms with E-state index in [1.54, 1.807) is 0 Å². The van der Waals surface area contributed by atoms with Crippen molar-refractivity contribution in [1.29, 1.82) is 0 Å². The van der Waals surface area contributed by atoms with Crippen molar-refractivity contribution < 1.29 is 0 Å². The number of fused-ring (bicyclic) bond motifs is 1. The average Bonchev–Trinajstić information content (AvgIpc) is 2.96. The highest BCUT2D eigenvalue weighted by Gasteiger charge is 2.17. The molecule has 0 bridgehead atoms. The first-order chi connectivity index (χ1) is 10.2. The van der Waals surface area contributed by atoms with Crippen LogP contribution in [0.1, 0.15) is 43.3 Å². The van der Waals surface area contributed by atoms with Crippen molar-refractivity contribution >= 4 is 0 Å². The molecule has 112 valence electrons. The van der Waals surface area contributed by atoms with Gasteiger partial charge in [-0.15, -0.1) is 10.2 Å². The summed E-state index contributed by atoms with van der Waals surface area (Å²) < 4.78 is 2.15. The Bertz CT molecular complexity index is 588.